The minimum absolute atomic E-state index is 0.158. The lowest BCUT2D eigenvalue weighted by Gasteiger charge is -2.16. The third-order valence-electron chi connectivity index (χ3n) is 5.22. The molecule has 0 saturated heterocycles. The number of rotatable bonds is 9. The smallest absolute Gasteiger partial charge is 0.255 e. The average Bonchev–Trinajstić information content (AvgIpc) is 2.82. The first-order valence-corrected chi connectivity index (χ1v) is 10.5. The van der Waals surface area contributed by atoms with Crippen LogP contribution in [-0.2, 0) is 4.79 Å². The number of nitrogens with one attached hydrogen (secondary N) is 2. The summed E-state index contributed by atoms with van der Waals surface area (Å²) < 4.78 is 16.6. The summed E-state index contributed by atoms with van der Waals surface area (Å²) in [5.41, 5.74) is 3.56. The van der Waals surface area contributed by atoms with E-state index in [-0.39, 0.29) is 24.8 Å². The molecule has 0 aliphatic heterocycles. The first-order chi connectivity index (χ1) is 15.9. The maximum absolute atomic E-state index is 12.5. The van der Waals surface area contributed by atoms with Gasteiger partial charge in [0.25, 0.3) is 5.91 Å². The van der Waals surface area contributed by atoms with Gasteiger partial charge in [0.1, 0.15) is 17.2 Å². The summed E-state index contributed by atoms with van der Waals surface area (Å²) in [4.78, 5) is 25.0. The molecular formula is C26H28N2O5. The lowest BCUT2D eigenvalue weighted by atomic mass is 10.1. The van der Waals surface area contributed by atoms with E-state index in [0.29, 0.717) is 28.4 Å². The predicted octanol–water partition coefficient (Wildman–Crippen LogP) is 4.98. The molecule has 0 radical (unpaired) electrons. The van der Waals surface area contributed by atoms with Crippen molar-refractivity contribution in [1.29, 1.82) is 0 Å². The highest BCUT2D eigenvalue weighted by atomic mass is 16.5. The van der Waals surface area contributed by atoms with Crippen molar-refractivity contribution >= 4 is 23.2 Å². The van der Waals surface area contributed by atoms with E-state index < -0.39 is 0 Å². The Morgan fingerprint density at radius 2 is 1.42 bits per heavy atom. The van der Waals surface area contributed by atoms with Gasteiger partial charge < -0.3 is 24.8 Å². The second-order valence-corrected chi connectivity index (χ2v) is 7.42. The van der Waals surface area contributed by atoms with Gasteiger partial charge in [0.15, 0.2) is 0 Å². The standard InChI is InChI=1S/C26H28N2O5/c1-17-9-8-12-22(18(17)2)33-14-13-25(29)27-20-15-24(32-4)21(16-23(20)31-3)28-26(30)19-10-6-5-7-11-19/h5-12,15-16H,13-14H2,1-4H3,(H,27,29)(H,28,30). The van der Waals surface area contributed by atoms with Crippen LogP contribution in [0.1, 0.15) is 27.9 Å². The van der Waals surface area contributed by atoms with E-state index in [9.17, 15) is 9.59 Å². The normalized spacial score (nSPS) is 10.3. The summed E-state index contributed by atoms with van der Waals surface area (Å²) in [6.07, 6.45) is 0.158. The van der Waals surface area contributed by atoms with E-state index in [2.05, 4.69) is 10.6 Å². The highest BCUT2D eigenvalue weighted by Crippen LogP contribution is 2.36. The largest absolute Gasteiger partial charge is 0.494 e. The SMILES string of the molecule is COc1cc(NC(=O)c2ccccc2)c(OC)cc1NC(=O)CCOc1cccc(C)c1C. The first kappa shape index (κ1) is 23.7. The Labute approximate surface area is 193 Å². The lowest BCUT2D eigenvalue weighted by molar-refractivity contribution is -0.116. The molecule has 33 heavy (non-hydrogen) atoms. The second-order valence-electron chi connectivity index (χ2n) is 7.42. The predicted molar refractivity (Wildman–Crippen MR) is 129 cm³/mol. The van der Waals surface area contributed by atoms with Crippen molar-refractivity contribution in [3.8, 4) is 17.2 Å². The number of ether oxygens (including phenoxy) is 3. The molecule has 3 aromatic carbocycles. The Bertz CT molecular complexity index is 1130. The van der Waals surface area contributed by atoms with Gasteiger partial charge in [-0.15, -0.1) is 0 Å². The molecule has 0 saturated carbocycles. The molecule has 0 fully saturated rings. The molecule has 0 unspecified atom stereocenters. The molecule has 0 atom stereocenters. The van der Waals surface area contributed by atoms with E-state index >= 15 is 0 Å². The zero-order valence-electron chi connectivity index (χ0n) is 19.2. The van der Waals surface area contributed by atoms with Crippen molar-refractivity contribution in [3.63, 3.8) is 0 Å². The van der Waals surface area contributed by atoms with Gasteiger partial charge in [0.05, 0.1) is 38.6 Å². The molecule has 2 amide bonds. The number of benzene rings is 3. The van der Waals surface area contributed by atoms with E-state index in [1.54, 1.807) is 36.4 Å². The van der Waals surface area contributed by atoms with Crippen molar-refractivity contribution in [3.05, 3.63) is 77.4 Å². The molecule has 3 rings (SSSR count). The fourth-order valence-corrected chi connectivity index (χ4v) is 3.22. The highest BCUT2D eigenvalue weighted by Gasteiger charge is 2.16. The summed E-state index contributed by atoms with van der Waals surface area (Å²) in [5.74, 6) is 1.03. The molecule has 0 heterocycles. The van der Waals surface area contributed by atoms with Gasteiger partial charge >= 0.3 is 0 Å². The van der Waals surface area contributed by atoms with Crippen LogP contribution in [0.2, 0.25) is 0 Å². The number of carbonyl (C=O) groups is 2. The molecule has 0 bridgehead atoms. The van der Waals surface area contributed by atoms with Crippen LogP contribution >= 0.6 is 0 Å². The van der Waals surface area contributed by atoms with Crippen LogP contribution in [0.4, 0.5) is 11.4 Å². The summed E-state index contributed by atoms with van der Waals surface area (Å²) in [5, 5.41) is 5.64. The van der Waals surface area contributed by atoms with Gasteiger partial charge in [0, 0.05) is 17.7 Å². The molecule has 7 heteroatoms. The number of methoxy groups -OCH3 is 2. The second kappa shape index (κ2) is 11.0. The zero-order chi connectivity index (χ0) is 23.8. The lowest BCUT2D eigenvalue weighted by Crippen LogP contribution is -2.17. The van der Waals surface area contributed by atoms with Gasteiger partial charge in [-0.25, -0.2) is 0 Å². The Morgan fingerprint density at radius 1 is 0.788 bits per heavy atom. The minimum Gasteiger partial charge on any atom is -0.494 e. The van der Waals surface area contributed by atoms with Gasteiger partial charge in [0.2, 0.25) is 5.91 Å². The third kappa shape index (κ3) is 6.04. The maximum Gasteiger partial charge on any atom is 0.255 e. The van der Waals surface area contributed by atoms with Crippen LogP contribution in [0.3, 0.4) is 0 Å². The average molecular weight is 449 g/mol. The van der Waals surface area contributed by atoms with Gasteiger partial charge in [-0.05, 0) is 43.2 Å². The highest BCUT2D eigenvalue weighted by molar-refractivity contribution is 6.05. The number of amides is 2. The van der Waals surface area contributed by atoms with E-state index in [4.69, 9.17) is 14.2 Å². The topological polar surface area (TPSA) is 85.9 Å². The third-order valence-corrected chi connectivity index (χ3v) is 5.22. The molecule has 7 nitrogen and oxygen atoms in total. The zero-order valence-corrected chi connectivity index (χ0v) is 19.2. The summed E-state index contributed by atoms with van der Waals surface area (Å²) >= 11 is 0. The van der Waals surface area contributed by atoms with Crippen LogP contribution in [0.5, 0.6) is 17.2 Å². The van der Waals surface area contributed by atoms with Crippen molar-refractivity contribution in [2.45, 2.75) is 20.3 Å². The van der Waals surface area contributed by atoms with Crippen molar-refractivity contribution in [1.82, 2.24) is 0 Å². The number of carbonyl (C=O) groups excluding carboxylic acids is 2. The van der Waals surface area contributed by atoms with Crippen LogP contribution in [0, 0.1) is 13.8 Å². The number of aryl methyl sites for hydroxylation is 1. The summed E-state index contributed by atoms with van der Waals surface area (Å²) in [6.45, 7) is 4.24. The Hall–Kier alpha value is -4.00. The number of hydrogen-bond donors (Lipinski definition) is 2. The molecular weight excluding hydrogens is 420 g/mol. The fourth-order valence-electron chi connectivity index (χ4n) is 3.22. The first-order valence-electron chi connectivity index (χ1n) is 10.5. The molecule has 0 aliphatic carbocycles. The molecule has 0 aromatic heterocycles. The van der Waals surface area contributed by atoms with Crippen LogP contribution < -0.4 is 24.8 Å². The van der Waals surface area contributed by atoms with Gasteiger partial charge in [-0.1, -0.05) is 30.3 Å². The van der Waals surface area contributed by atoms with Crippen LogP contribution in [0.15, 0.2) is 60.7 Å². The van der Waals surface area contributed by atoms with Crippen molar-refractivity contribution in [2.75, 3.05) is 31.5 Å². The van der Waals surface area contributed by atoms with E-state index in [0.717, 1.165) is 16.9 Å². The van der Waals surface area contributed by atoms with Gasteiger partial charge in [-0.3, -0.25) is 9.59 Å². The molecule has 0 spiro atoms. The van der Waals surface area contributed by atoms with E-state index in [1.165, 1.54) is 14.2 Å². The van der Waals surface area contributed by atoms with Crippen LogP contribution in [0.25, 0.3) is 0 Å². The number of anilines is 2. The summed E-state index contributed by atoms with van der Waals surface area (Å²) in [6, 6.07) is 17.9. The quantitative estimate of drug-likeness (QED) is 0.482. The Balaban J connectivity index is 1.67. The molecule has 0 aliphatic rings. The molecule has 172 valence electrons. The van der Waals surface area contributed by atoms with Crippen molar-refractivity contribution < 1.29 is 23.8 Å². The van der Waals surface area contributed by atoms with Gasteiger partial charge in [-0.2, -0.15) is 0 Å². The molecule has 3 aromatic rings. The summed E-state index contributed by atoms with van der Waals surface area (Å²) in [7, 11) is 2.98. The maximum atomic E-state index is 12.5. The van der Waals surface area contributed by atoms with E-state index in [1.807, 2.05) is 38.1 Å². The Morgan fingerprint density at radius 3 is 2.06 bits per heavy atom. The monoisotopic (exact) mass is 448 g/mol. The number of hydrogen-bond acceptors (Lipinski definition) is 5. The molecule has 2 N–H and O–H groups in total. The minimum atomic E-state index is -0.281. The van der Waals surface area contributed by atoms with Crippen LogP contribution in [-0.4, -0.2) is 32.6 Å². The van der Waals surface area contributed by atoms with Crippen molar-refractivity contribution in [2.24, 2.45) is 0 Å². The fraction of sp³-hybridized carbons (Fsp3) is 0.231. The Kier molecular flexibility index (Phi) is 7.91.